The van der Waals surface area contributed by atoms with E-state index in [1.54, 1.807) is 0 Å². The SMILES string of the molecule is CCCCCNC(=O)CCCC(=O)NCCCOCCOCCOCCCNC(=O)CCCC[C@@H]1SC[C@@H]2NC(=O)N[C@@H]21. The summed E-state index contributed by atoms with van der Waals surface area (Å²) < 4.78 is 16.6. The van der Waals surface area contributed by atoms with Crippen LogP contribution in [0.15, 0.2) is 0 Å². The van der Waals surface area contributed by atoms with E-state index < -0.39 is 0 Å². The third-order valence-electron chi connectivity index (χ3n) is 7.31. The molecular weight excluding hydrogens is 574 g/mol. The summed E-state index contributed by atoms with van der Waals surface area (Å²) >= 11 is 1.91. The minimum Gasteiger partial charge on any atom is -0.379 e. The molecule has 0 aliphatic carbocycles. The number of rotatable bonds is 27. The van der Waals surface area contributed by atoms with Crippen molar-refractivity contribution in [3.63, 3.8) is 0 Å². The van der Waals surface area contributed by atoms with Crippen molar-refractivity contribution >= 4 is 35.5 Å². The van der Waals surface area contributed by atoms with Gasteiger partial charge < -0.3 is 40.8 Å². The molecule has 2 heterocycles. The number of thioether (sulfide) groups is 1. The zero-order chi connectivity index (χ0) is 31.0. The molecule has 2 fully saturated rings. The lowest BCUT2D eigenvalue weighted by Gasteiger charge is -2.16. The second kappa shape index (κ2) is 24.3. The van der Waals surface area contributed by atoms with Crippen molar-refractivity contribution < 1.29 is 33.4 Å². The predicted octanol–water partition coefficient (Wildman–Crippen LogP) is 2.25. The van der Waals surface area contributed by atoms with E-state index in [0.717, 1.165) is 57.1 Å². The van der Waals surface area contributed by atoms with Crippen LogP contribution in [0.2, 0.25) is 0 Å². The Morgan fingerprint density at radius 1 is 0.698 bits per heavy atom. The van der Waals surface area contributed by atoms with Gasteiger partial charge in [0.2, 0.25) is 17.7 Å². The monoisotopic (exact) mass is 629 g/mol. The van der Waals surface area contributed by atoms with Gasteiger partial charge in [0.25, 0.3) is 0 Å². The van der Waals surface area contributed by atoms with Gasteiger partial charge >= 0.3 is 6.03 Å². The summed E-state index contributed by atoms with van der Waals surface area (Å²) in [6.45, 7) is 7.07. The molecule has 43 heavy (non-hydrogen) atoms. The molecule has 2 rings (SSSR count). The van der Waals surface area contributed by atoms with Crippen molar-refractivity contribution in [2.24, 2.45) is 0 Å². The van der Waals surface area contributed by atoms with Gasteiger partial charge in [0, 0.05) is 63.1 Å². The zero-order valence-corrected chi connectivity index (χ0v) is 26.9. The number of urea groups is 1. The Kier molecular flexibility index (Phi) is 20.9. The normalized spacial score (nSPS) is 19.0. The molecule has 0 aromatic rings. The Morgan fingerprint density at radius 3 is 1.81 bits per heavy atom. The highest BCUT2D eigenvalue weighted by Crippen LogP contribution is 2.33. The van der Waals surface area contributed by atoms with Crippen molar-refractivity contribution in [3.8, 4) is 0 Å². The molecule has 0 radical (unpaired) electrons. The molecule has 12 nitrogen and oxygen atoms in total. The maximum Gasteiger partial charge on any atom is 0.315 e. The van der Waals surface area contributed by atoms with E-state index in [0.29, 0.717) is 90.2 Å². The third-order valence-corrected chi connectivity index (χ3v) is 8.82. The molecule has 2 aliphatic heterocycles. The molecule has 248 valence electrons. The number of unbranched alkanes of at least 4 members (excludes halogenated alkanes) is 3. The number of carbonyl (C=O) groups is 4. The Balaban J connectivity index is 1.24. The second-order valence-electron chi connectivity index (χ2n) is 11.0. The number of ether oxygens (including phenoxy) is 3. The Morgan fingerprint density at radius 2 is 1.23 bits per heavy atom. The molecule has 3 atom stereocenters. The van der Waals surface area contributed by atoms with Gasteiger partial charge in [-0.25, -0.2) is 4.79 Å². The van der Waals surface area contributed by atoms with E-state index in [-0.39, 0.29) is 35.8 Å². The minimum absolute atomic E-state index is 0.0166. The van der Waals surface area contributed by atoms with Crippen molar-refractivity contribution in [2.45, 2.75) is 101 Å². The molecule has 0 bridgehead atoms. The van der Waals surface area contributed by atoms with Crippen LogP contribution in [-0.4, -0.2) is 106 Å². The first kappa shape index (κ1) is 37.1. The van der Waals surface area contributed by atoms with Gasteiger partial charge in [-0.3, -0.25) is 14.4 Å². The van der Waals surface area contributed by atoms with Crippen LogP contribution in [0.4, 0.5) is 4.79 Å². The van der Waals surface area contributed by atoms with Gasteiger partial charge in [-0.1, -0.05) is 26.2 Å². The molecule has 2 aliphatic rings. The average Bonchev–Trinajstić information content (AvgIpc) is 3.54. The molecular formula is C30H55N5O7S. The van der Waals surface area contributed by atoms with E-state index in [9.17, 15) is 19.2 Å². The highest BCUT2D eigenvalue weighted by molar-refractivity contribution is 8.00. The van der Waals surface area contributed by atoms with E-state index >= 15 is 0 Å². The molecule has 0 unspecified atom stereocenters. The lowest BCUT2D eigenvalue weighted by Crippen LogP contribution is -2.36. The van der Waals surface area contributed by atoms with Crippen molar-refractivity contribution in [1.29, 1.82) is 0 Å². The van der Waals surface area contributed by atoms with E-state index in [4.69, 9.17) is 14.2 Å². The third kappa shape index (κ3) is 18.3. The van der Waals surface area contributed by atoms with Gasteiger partial charge in [-0.15, -0.1) is 0 Å². The first-order chi connectivity index (χ1) is 21.0. The van der Waals surface area contributed by atoms with E-state index in [1.165, 1.54) is 0 Å². The second-order valence-corrected chi connectivity index (χ2v) is 12.3. The molecule has 5 N–H and O–H groups in total. The number of nitrogens with one attached hydrogen (secondary N) is 5. The fourth-order valence-corrected chi connectivity index (χ4v) is 6.44. The van der Waals surface area contributed by atoms with Crippen molar-refractivity contribution in [3.05, 3.63) is 0 Å². The topological polar surface area (TPSA) is 156 Å². The summed E-state index contributed by atoms with van der Waals surface area (Å²) in [4.78, 5) is 47.0. The molecule has 5 amide bonds. The summed E-state index contributed by atoms with van der Waals surface area (Å²) in [5.74, 6) is 1.02. The summed E-state index contributed by atoms with van der Waals surface area (Å²) in [6, 6.07) is 0.422. The summed E-state index contributed by atoms with van der Waals surface area (Å²) in [7, 11) is 0. The van der Waals surface area contributed by atoms with Crippen LogP contribution in [0, 0.1) is 0 Å². The van der Waals surface area contributed by atoms with Crippen molar-refractivity contribution in [2.75, 3.05) is 65.0 Å². The van der Waals surface area contributed by atoms with Gasteiger partial charge in [-0.05, 0) is 38.5 Å². The van der Waals surface area contributed by atoms with Crippen LogP contribution in [-0.2, 0) is 28.6 Å². The average molecular weight is 630 g/mol. The van der Waals surface area contributed by atoms with Crippen LogP contribution < -0.4 is 26.6 Å². The molecule has 0 aromatic carbocycles. The lowest BCUT2D eigenvalue weighted by atomic mass is 10.0. The molecule has 0 spiro atoms. The van der Waals surface area contributed by atoms with Gasteiger partial charge in [0.1, 0.15) is 0 Å². The smallest absolute Gasteiger partial charge is 0.315 e. The van der Waals surface area contributed by atoms with Gasteiger partial charge in [0.05, 0.1) is 38.5 Å². The maximum absolute atomic E-state index is 12.0. The van der Waals surface area contributed by atoms with Crippen molar-refractivity contribution in [1.82, 2.24) is 26.6 Å². The number of fused-ring (bicyclic) bond motifs is 1. The number of carbonyl (C=O) groups excluding carboxylic acids is 4. The summed E-state index contributed by atoms with van der Waals surface area (Å²) in [5.41, 5.74) is 0. The maximum atomic E-state index is 12.0. The fourth-order valence-electron chi connectivity index (χ4n) is 4.90. The van der Waals surface area contributed by atoms with Crippen LogP contribution >= 0.6 is 11.8 Å². The van der Waals surface area contributed by atoms with E-state index in [1.807, 2.05) is 11.8 Å². The highest BCUT2D eigenvalue weighted by atomic mass is 32.2. The van der Waals surface area contributed by atoms with Crippen LogP contribution in [0.1, 0.15) is 84.0 Å². The standard InChI is InChI=1S/C30H55N5O7S/c1-2-3-6-14-31-27(37)12-7-13-28(38)33-16-9-18-41-20-22-42-21-19-40-17-8-15-32-26(36)11-5-4-10-25-29-24(23-43-25)34-30(39)35-29/h24-25,29H,2-23H2,1H3,(H,31,37)(H,32,36)(H,33,38)(H2,34,35,39)/t24-,25-,29-/m0/s1. The zero-order valence-electron chi connectivity index (χ0n) is 26.1. The lowest BCUT2D eigenvalue weighted by molar-refractivity contribution is -0.123. The van der Waals surface area contributed by atoms with Crippen LogP contribution in [0.25, 0.3) is 0 Å². The molecule has 0 saturated carbocycles. The summed E-state index contributed by atoms with van der Waals surface area (Å²) in [6.07, 6.45) is 9.43. The van der Waals surface area contributed by atoms with Crippen LogP contribution in [0.5, 0.6) is 0 Å². The first-order valence-electron chi connectivity index (χ1n) is 16.2. The first-order valence-corrected chi connectivity index (χ1v) is 17.3. The Bertz CT molecular complexity index is 807. The number of amides is 5. The quantitative estimate of drug-likeness (QED) is 0.0685. The predicted molar refractivity (Wildman–Crippen MR) is 168 cm³/mol. The molecule has 2 saturated heterocycles. The van der Waals surface area contributed by atoms with Gasteiger partial charge in [-0.2, -0.15) is 11.8 Å². The fraction of sp³-hybridized carbons (Fsp3) is 0.867. The number of hydrogen-bond acceptors (Lipinski definition) is 8. The largest absolute Gasteiger partial charge is 0.379 e. The van der Waals surface area contributed by atoms with Gasteiger partial charge in [0.15, 0.2) is 0 Å². The Hall–Kier alpha value is -2.09. The Labute approximate surface area is 261 Å². The minimum atomic E-state index is -0.0575. The summed E-state index contributed by atoms with van der Waals surface area (Å²) in [5, 5.41) is 15.1. The molecule has 13 heteroatoms. The number of hydrogen-bond donors (Lipinski definition) is 5. The van der Waals surface area contributed by atoms with E-state index in [2.05, 4.69) is 33.5 Å². The van der Waals surface area contributed by atoms with Crippen LogP contribution in [0.3, 0.4) is 0 Å². The highest BCUT2D eigenvalue weighted by Gasteiger charge is 2.42. The molecule has 0 aromatic heterocycles.